The van der Waals surface area contributed by atoms with Crippen LogP contribution in [0.2, 0.25) is 0 Å². The average molecular weight is 193 g/mol. The lowest BCUT2D eigenvalue weighted by atomic mass is 10.1. The summed E-state index contributed by atoms with van der Waals surface area (Å²) in [6.07, 6.45) is -3.50. The first kappa shape index (κ1) is 9.83. The van der Waals surface area contributed by atoms with Gasteiger partial charge in [0.05, 0.1) is 5.69 Å². The zero-order valence-electron chi connectivity index (χ0n) is 6.53. The molecule has 2 N–H and O–H groups in total. The number of rotatable bonds is 2. The van der Waals surface area contributed by atoms with Gasteiger partial charge in [-0.15, -0.1) is 0 Å². The molecule has 5 heteroatoms. The van der Waals surface area contributed by atoms with E-state index >= 15 is 0 Å². The highest BCUT2D eigenvalue weighted by atomic mass is 19.3. The second-order valence-corrected chi connectivity index (χ2v) is 2.56. The van der Waals surface area contributed by atoms with Crippen LogP contribution in [0.4, 0.5) is 23.2 Å². The summed E-state index contributed by atoms with van der Waals surface area (Å²) in [5, 5.41) is 0. The zero-order valence-corrected chi connectivity index (χ0v) is 6.53. The minimum Gasteiger partial charge on any atom is -0.396 e. The topological polar surface area (TPSA) is 26.0 Å². The fourth-order valence-corrected chi connectivity index (χ4v) is 0.926. The Bertz CT molecular complexity index is 311. The van der Waals surface area contributed by atoms with Gasteiger partial charge in [0, 0.05) is 12.5 Å². The largest absolute Gasteiger partial charge is 0.396 e. The van der Waals surface area contributed by atoms with Gasteiger partial charge in [-0.3, -0.25) is 0 Å². The molecule has 0 amide bonds. The fraction of sp³-hybridized carbons (Fsp3) is 0.250. The molecule has 0 saturated heterocycles. The van der Waals surface area contributed by atoms with Crippen LogP contribution in [0, 0.1) is 11.6 Å². The number of nitrogens with two attached hydrogens (primary N) is 1. The Morgan fingerprint density at radius 1 is 1.15 bits per heavy atom. The van der Waals surface area contributed by atoms with E-state index in [0.717, 1.165) is 0 Å². The van der Waals surface area contributed by atoms with Crippen LogP contribution in [0.1, 0.15) is 5.56 Å². The molecule has 0 heterocycles. The highest BCUT2D eigenvalue weighted by molar-refractivity contribution is 5.42. The van der Waals surface area contributed by atoms with Crippen molar-refractivity contribution in [3.63, 3.8) is 0 Å². The lowest BCUT2D eigenvalue weighted by molar-refractivity contribution is 0.147. The number of anilines is 1. The van der Waals surface area contributed by atoms with Crippen molar-refractivity contribution >= 4 is 5.69 Å². The van der Waals surface area contributed by atoms with E-state index in [1.54, 1.807) is 0 Å². The Hall–Kier alpha value is -1.26. The third-order valence-corrected chi connectivity index (χ3v) is 1.54. The monoisotopic (exact) mass is 193 g/mol. The number of halogens is 4. The lowest BCUT2D eigenvalue weighted by Gasteiger charge is -2.04. The molecule has 0 radical (unpaired) electrons. The Balaban J connectivity index is 3.01. The molecule has 0 fully saturated rings. The van der Waals surface area contributed by atoms with Gasteiger partial charge in [-0.1, -0.05) is 0 Å². The van der Waals surface area contributed by atoms with E-state index in [0.29, 0.717) is 12.1 Å². The highest BCUT2D eigenvalue weighted by Gasteiger charge is 2.12. The van der Waals surface area contributed by atoms with E-state index in [4.69, 9.17) is 5.73 Å². The van der Waals surface area contributed by atoms with Crippen molar-refractivity contribution in [2.75, 3.05) is 5.73 Å². The number of alkyl halides is 2. The van der Waals surface area contributed by atoms with Crippen LogP contribution in [0.3, 0.4) is 0 Å². The standard InChI is InChI=1S/C8H7F4N/c9-5-3-7(13)6(10)1-4(5)2-8(11)12/h1,3,8H,2,13H2. The van der Waals surface area contributed by atoms with Crippen LogP contribution in [0.5, 0.6) is 0 Å². The SMILES string of the molecule is Nc1cc(F)c(CC(F)F)cc1F. The van der Waals surface area contributed by atoms with Gasteiger partial charge >= 0.3 is 0 Å². The molecule has 0 aliphatic rings. The van der Waals surface area contributed by atoms with Gasteiger partial charge in [0.25, 0.3) is 0 Å². The summed E-state index contributed by atoms with van der Waals surface area (Å²) in [5.41, 5.74) is 4.28. The minimum absolute atomic E-state index is 0.360. The van der Waals surface area contributed by atoms with E-state index in [2.05, 4.69) is 0 Å². The molecule has 0 aliphatic heterocycles. The third kappa shape index (κ3) is 2.34. The van der Waals surface area contributed by atoms with Crippen molar-refractivity contribution in [2.24, 2.45) is 0 Å². The Labute approximate surface area is 72.2 Å². The number of nitrogen functional groups attached to an aromatic ring is 1. The zero-order chi connectivity index (χ0) is 10.0. The van der Waals surface area contributed by atoms with Crippen LogP contribution < -0.4 is 5.73 Å². The Kier molecular flexibility index (Phi) is 2.75. The van der Waals surface area contributed by atoms with Gasteiger partial charge in [-0.2, -0.15) is 0 Å². The maximum atomic E-state index is 12.8. The summed E-state index contributed by atoms with van der Waals surface area (Å²) in [5.74, 6) is -1.78. The van der Waals surface area contributed by atoms with Crippen molar-refractivity contribution in [1.29, 1.82) is 0 Å². The summed E-state index contributed by atoms with van der Waals surface area (Å²) in [4.78, 5) is 0. The molecular formula is C8H7F4N. The molecule has 0 saturated carbocycles. The molecule has 0 spiro atoms. The van der Waals surface area contributed by atoms with Crippen molar-refractivity contribution in [2.45, 2.75) is 12.8 Å². The molecule has 0 unspecified atom stereocenters. The van der Waals surface area contributed by atoms with Gasteiger partial charge in [0.15, 0.2) is 0 Å². The molecule has 72 valence electrons. The van der Waals surface area contributed by atoms with Gasteiger partial charge in [-0.25, -0.2) is 17.6 Å². The number of hydrogen-bond acceptors (Lipinski definition) is 1. The average Bonchev–Trinajstić information content (AvgIpc) is 1.99. The van der Waals surface area contributed by atoms with Crippen molar-refractivity contribution in [1.82, 2.24) is 0 Å². The maximum Gasteiger partial charge on any atom is 0.242 e. The van der Waals surface area contributed by atoms with E-state index in [9.17, 15) is 17.6 Å². The molecule has 1 aromatic carbocycles. The second kappa shape index (κ2) is 3.64. The molecule has 0 atom stereocenters. The minimum atomic E-state index is -2.70. The smallest absolute Gasteiger partial charge is 0.242 e. The van der Waals surface area contributed by atoms with E-state index in [1.165, 1.54) is 0 Å². The molecule has 0 aliphatic carbocycles. The molecule has 13 heavy (non-hydrogen) atoms. The van der Waals surface area contributed by atoms with Crippen LogP contribution in [-0.4, -0.2) is 6.43 Å². The van der Waals surface area contributed by atoms with E-state index < -0.39 is 24.5 Å². The summed E-state index contributed by atoms with van der Waals surface area (Å²) in [6, 6.07) is 1.39. The Morgan fingerprint density at radius 3 is 2.31 bits per heavy atom. The predicted molar refractivity (Wildman–Crippen MR) is 40.5 cm³/mol. The highest BCUT2D eigenvalue weighted by Crippen LogP contribution is 2.18. The van der Waals surface area contributed by atoms with Gasteiger partial charge in [0.2, 0.25) is 6.43 Å². The molecule has 1 nitrogen and oxygen atoms in total. The van der Waals surface area contributed by atoms with Gasteiger partial charge in [-0.05, 0) is 11.6 Å². The number of hydrogen-bond donors (Lipinski definition) is 1. The third-order valence-electron chi connectivity index (χ3n) is 1.54. The molecule has 1 aromatic rings. The van der Waals surface area contributed by atoms with Gasteiger partial charge < -0.3 is 5.73 Å². The van der Waals surface area contributed by atoms with Crippen LogP contribution >= 0.6 is 0 Å². The molecule has 0 aromatic heterocycles. The van der Waals surface area contributed by atoms with Crippen molar-refractivity contribution in [3.05, 3.63) is 29.3 Å². The number of benzene rings is 1. The normalized spacial score (nSPS) is 10.8. The maximum absolute atomic E-state index is 12.8. The predicted octanol–water partition coefficient (Wildman–Crippen LogP) is 2.35. The molecule has 1 rings (SSSR count). The van der Waals surface area contributed by atoms with E-state index in [1.807, 2.05) is 0 Å². The summed E-state index contributed by atoms with van der Waals surface area (Å²) >= 11 is 0. The van der Waals surface area contributed by atoms with Gasteiger partial charge in [0.1, 0.15) is 11.6 Å². The fourth-order valence-electron chi connectivity index (χ4n) is 0.926. The molecular weight excluding hydrogens is 186 g/mol. The summed E-state index contributed by atoms with van der Waals surface area (Å²) < 4.78 is 49.1. The lowest BCUT2D eigenvalue weighted by Crippen LogP contribution is -2.02. The van der Waals surface area contributed by atoms with Crippen LogP contribution in [0.25, 0.3) is 0 Å². The second-order valence-electron chi connectivity index (χ2n) is 2.56. The quantitative estimate of drug-likeness (QED) is 0.566. The van der Waals surface area contributed by atoms with Crippen molar-refractivity contribution in [3.8, 4) is 0 Å². The summed E-state index contributed by atoms with van der Waals surface area (Å²) in [6.45, 7) is 0. The van der Waals surface area contributed by atoms with Crippen molar-refractivity contribution < 1.29 is 17.6 Å². The molecule has 0 bridgehead atoms. The first-order valence-corrected chi connectivity index (χ1v) is 3.52. The summed E-state index contributed by atoms with van der Waals surface area (Å²) in [7, 11) is 0. The van der Waals surface area contributed by atoms with Crippen LogP contribution in [0.15, 0.2) is 12.1 Å². The van der Waals surface area contributed by atoms with E-state index in [-0.39, 0.29) is 11.3 Å². The first-order chi connectivity index (χ1) is 6.00. The van der Waals surface area contributed by atoms with Crippen LogP contribution in [-0.2, 0) is 6.42 Å². The first-order valence-electron chi connectivity index (χ1n) is 3.52. The Morgan fingerprint density at radius 2 is 1.77 bits per heavy atom.